The largest absolute Gasteiger partial charge is 0.466 e. The summed E-state index contributed by atoms with van der Waals surface area (Å²) in [5, 5.41) is 23.4. The molecule has 0 fully saturated rings. The van der Waals surface area contributed by atoms with Gasteiger partial charge in [0.2, 0.25) is 5.91 Å². The molecule has 6 nitrogen and oxygen atoms in total. The summed E-state index contributed by atoms with van der Waals surface area (Å²) >= 11 is 0. The number of hydrogen-bond acceptors (Lipinski definition) is 5. The molecular weight excluding hydrogens is 935 g/mol. The number of allylic oxidation sites excluding steroid dienone is 4. The van der Waals surface area contributed by atoms with Crippen LogP contribution < -0.4 is 5.32 Å². The van der Waals surface area contributed by atoms with Crippen LogP contribution in [0, 0.1) is 0 Å². The van der Waals surface area contributed by atoms with Gasteiger partial charge >= 0.3 is 5.97 Å². The van der Waals surface area contributed by atoms with Crippen molar-refractivity contribution in [1.29, 1.82) is 0 Å². The minimum absolute atomic E-state index is 0.00391. The maximum absolute atomic E-state index is 12.5. The van der Waals surface area contributed by atoms with Crippen LogP contribution in [-0.2, 0) is 14.3 Å². The molecule has 0 aliphatic heterocycles. The molecule has 0 heterocycles. The fourth-order valence-corrected chi connectivity index (χ4v) is 10.9. The molecule has 3 N–H and O–H groups in total. The van der Waals surface area contributed by atoms with E-state index in [1.807, 2.05) is 0 Å². The topological polar surface area (TPSA) is 95.9 Å². The van der Waals surface area contributed by atoms with Crippen LogP contribution in [0.1, 0.15) is 386 Å². The van der Waals surface area contributed by atoms with Crippen molar-refractivity contribution < 1.29 is 24.5 Å². The number of unbranched alkanes of at least 4 members (excludes halogenated alkanes) is 50. The van der Waals surface area contributed by atoms with E-state index in [0.717, 1.165) is 44.9 Å². The SMILES string of the molecule is CCCCCCCC/C=C\CCCCCCCCCC(=O)OCCCCCCCCCCC/C=C\CCCCCCCCCC(=O)NC(CO)C(O)CCCCCCCCCCCCCCCCCCCCCCCC. The average molecular weight is 1070 g/mol. The van der Waals surface area contributed by atoms with E-state index in [2.05, 4.69) is 43.5 Å². The number of rotatable bonds is 65. The molecule has 6 heteroatoms. The Bertz CT molecular complexity index is 1190. The maximum Gasteiger partial charge on any atom is 0.305 e. The highest BCUT2D eigenvalue weighted by Crippen LogP contribution is 2.18. The van der Waals surface area contributed by atoms with Gasteiger partial charge in [0, 0.05) is 12.8 Å². The van der Waals surface area contributed by atoms with Gasteiger partial charge in [-0.15, -0.1) is 0 Å². The number of ether oxygens (including phenoxy) is 1. The number of carbonyl (C=O) groups excluding carboxylic acids is 2. The molecular formula is C70H135NO5. The molecule has 450 valence electrons. The summed E-state index contributed by atoms with van der Waals surface area (Å²) in [6, 6.07) is -0.549. The van der Waals surface area contributed by atoms with Crippen LogP contribution in [0.25, 0.3) is 0 Å². The number of esters is 1. The molecule has 0 aromatic rings. The molecule has 0 radical (unpaired) electrons. The molecule has 0 aromatic heterocycles. The molecule has 0 spiro atoms. The number of amides is 1. The van der Waals surface area contributed by atoms with E-state index in [1.165, 1.54) is 308 Å². The van der Waals surface area contributed by atoms with Crippen LogP contribution in [0.4, 0.5) is 0 Å². The van der Waals surface area contributed by atoms with Crippen LogP contribution >= 0.6 is 0 Å². The van der Waals surface area contributed by atoms with E-state index >= 15 is 0 Å². The van der Waals surface area contributed by atoms with Gasteiger partial charge in [-0.05, 0) is 77.0 Å². The van der Waals surface area contributed by atoms with Gasteiger partial charge in [0.15, 0.2) is 0 Å². The average Bonchev–Trinajstić information content (AvgIpc) is 3.42. The van der Waals surface area contributed by atoms with Crippen molar-refractivity contribution in [2.75, 3.05) is 13.2 Å². The molecule has 1 amide bonds. The zero-order chi connectivity index (χ0) is 55.0. The first-order valence-electron chi connectivity index (χ1n) is 34.6. The lowest BCUT2D eigenvalue weighted by Gasteiger charge is -2.22. The highest BCUT2D eigenvalue weighted by molar-refractivity contribution is 5.76. The predicted octanol–water partition coefficient (Wildman–Crippen LogP) is 22.1. The molecule has 2 atom stereocenters. The van der Waals surface area contributed by atoms with Crippen LogP contribution in [0.3, 0.4) is 0 Å². The summed E-state index contributed by atoms with van der Waals surface area (Å²) in [4.78, 5) is 24.6. The molecule has 0 rings (SSSR count). The van der Waals surface area contributed by atoms with Gasteiger partial charge in [0.1, 0.15) is 0 Å². The number of nitrogens with one attached hydrogen (secondary N) is 1. The molecule has 0 saturated heterocycles. The van der Waals surface area contributed by atoms with E-state index in [4.69, 9.17) is 4.74 Å². The van der Waals surface area contributed by atoms with Gasteiger partial charge in [-0.2, -0.15) is 0 Å². The van der Waals surface area contributed by atoms with Gasteiger partial charge < -0.3 is 20.3 Å². The first kappa shape index (κ1) is 74.3. The monoisotopic (exact) mass is 1070 g/mol. The summed E-state index contributed by atoms with van der Waals surface area (Å²) in [7, 11) is 0. The van der Waals surface area contributed by atoms with Crippen molar-refractivity contribution in [2.45, 2.75) is 398 Å². The van der Waals surface area contributed by atoms with E-state index in [1.54, 1.807) is 0 Å². The Balaban J connectivity index is 3.42. The van der Waals surface area contributed by atoms with Gasteiger partial charge in [0.25, 0.3) is 0 Å². The Kier molecular flexibility index (Phi) is 64.4. The van der Waals surface area contributed by atoms with Crippen molar-refractivity contribution in [3.05, 3.63) is 24.3 Å². The van der Waals surface area contributed by atoms with Crippen LogP contribution in [-0.4, -0.2) is 47.4 Å². The first-order valence-corrected chi connectivity index (χ1v) is 34.6. The van der Waals surface area contributed by atoms with E-state index in [9.17, 15) is 19.8 Å². The van der Waals surface area contributed by atoms with Crippen molar-refractivity contribution in [3.63, 3.8) is 0 Å². The fourth-order valence-electron chi connectivity index (χ4n) is 10.9. The number of aliphatic hydroxyl groups excluding tert-OH is 2. The zero-order valence-corrected chi connectivity index (χ0v) is 51.5. The van der Waals surface area contributed by atoms with E-state index in [-0.39, 0.29) is 18.5 Å². The third kappa shape index (κ3) is 61.6. The molecule has 0 saturated carbocycles. The third-order valence-electron chi connectivity index (χ3n) is 16.2. The summed E-state index contributed by atoms with van der Waals surface area (Å²) in [6.45, 7) is 4.97. The number of hydrogen-bond donors (Lipinski definition) is 3. The Morgan fingerprint density at radius 1 is 0.355 bits per heavy atom. The second-order valence-electron chi connectivity index (χ2n) is 23.9. The standard InChI is InChI=1S/C70H135NO5/c1-3-5-7-9-11-13-15-17-19-21-22-23-24-27-31-34-38-42-46-50-54-58-62-68(73)67(66-72)71-69(74)63-59-55-51-47-43-39-35-32-28-25-26-29-33-37-41-45-49-53-57-61-65-76-70(75)64-60-56-52-48-44-40-36-30-20-18-16-14-12-10-8-6-4-2/h18,20,25,28,67-68,72-73H,3-17,19,21-24,26-27,29-66H2,1-2H3,(H,71,74)/b20-18-,28-25-. The van der Waals surface area contributed by atoms with Crippen LogP contribution in [0.15, 0.2) is 24.3 Å². The summed E-state index contributed by atoms with van der Waals surface area (Å²) in [6.07, 6.45) is 82.1. The summed E-state index contributed by atoms with van der Waals surface area (Å²) in [5.41, 5.74) is 0. The number of carbonyl (C=O) groups is 2. The van der Waals surface area contributed by atoms with Crippen molar-refractivity contribution in [3.8, 4) is 0 Å². The second-order valence-corrected chi connectivity index (χ2v) is 23.9. The predicted molar refractivity (Wildman–Crippen MR) is 333 cm³/mol. The van der Waals surface area contributed by atoms with Crippen molar-refractivity contribution in [1.82, 2.24) is 5.32 Å². The molecule has 2 unspecified atom stereocenters. The van der Waals surface area contributed by atoms with Gasteiger partial charge in [-0.3, -0.25) is 9.59 Å². The lowest BCUT2D eigenvalue weighted by molar-refractivity contribution is -0.143. The highest BCUT2D eigenvalue weighted by atomic mass is 16.5. The zero-order valence-electron chi connectivity index (χ0n) is 51.5. The van der Waals surface area contributed by atoms with Gasteiger partial charge in [-0.1, -0.05) is 321 Å². The quantitative estimate of drug-likeness (QED) is 0.0320. The first-order chi connectivity index (χ1) is 37.5. The molecule has 0 aliphatic carbocycles. The molecule has 76 heavy (non-hydrogen) atoms. The second kappa shape index (κ2) is 65.9. The highest BCUT2D eigenvalue weighted by Gasteiger charge is 2.20. The smallest absolute Gasteiger partial charge is 0.305 e. The Labute approximate surface area is 475 Å². The molecule has 0 aliphatic rings. The fraction of sp³-hybridized carbons (Fsp3) is 0.914. The maximum atomic E-state index is 12.5. The van der Waals surface area contributed by atoms with Gasteiger partial charge in [-0.25, -0.2) is 0 Å². The van der Waals surface area contributed by atoms with E-state index < -0.39 is 12.1 Å². The van der Waals surface area contributed by atoms with Gasteiger partial charge in [0.05, 0.1) is 25.4 Å². The minimum Gasteiger partial charge on any atom is -0.466 e. The summed E-state index contributed by atoms with van der Waals surface area (Å²) < 4.78 is 5.49. The third-order valence-corrected chi connectivity index (χ3v) is 16.2. The normalized spacial score (nSPS) is 12.6. The Hall–Kier alpha value is -1.66. The Morgan fingerprint density at radius 2 is 0.618 bits per heavy atom. The van der Waals surface area contributed by atoms with Crippen LogP contribution in [0.5, 0.6) is 0 Å². The minimum atomic E-state index is -0.671. The lowest BCUT2D eigenvalue weighted by Crippen LogP contribution is -2.45. The molecule has 0 bridgehead atoms. The van der Waals surface area contributed by atoms with Crippen molar-refractivity contribution >= 4 is 11.9 Å². The molecule has 0 aromatic carbocycles. The lowest BCUT2D eigenvalue weighted by atomic mass is 10.0. The van der Waals surface area contributed by atoms with E-state index in [0.29, 0.717) is 25.9 Å². The van der Waals surface area contributed by atoms with Crippen LogP contribution in [0.2, 0.25) is 0 Å². The van der Waals surface area contributed by atoms with Crippen molar-refractivity contribution in [2.24, 2.45) is 0 Å². The summed E-state index contributed by atoms with van der Waals surface area (Å²) in [5.74, 6) is -0.0356. The Morgan fingerprint density at radius 3 is 0.934 bits per heavy atom. The number of aliphatic hydroxyl groups is 2.